The van der Waals surface area contributed by atoms with Gasteiger partial charge in [0.1, 0.15) is 11.6 Å². The molecule has 0 aliphatic heterocycles. The maximum absolute atomic E-state index is 12.5. The second-order valence-electron chi connectivity index (χ2n) is 5.87. The monoisotopic (exact) mass is 341 g/mol. The Kier molecular flexibility index (Phi) is 3.75. The van der Waals surface area contributed by atoms with Crippen LogP contribution in [-0.2, 0) is 0 Å². The highest BCUT2D eigenvalue weighted by Gasteiger charge is 2.18. The Labute approximate surface area is 149 Å². The van der Waals surface area contributed by atoms with Crippen LogP contribution in [0, 0.1) is 18.3 Å². The number of benzene rings is 2. The van der Waals surface area contributed by atoms with Crippen LogP contribution in [-0.4, -0.2) is 14.6 Å². The highest BCUT2D eigenvalue weighted by Crippen LogP contribution is 2.31. The summed E-state index contributed by atoms with van der Waals surface area (Å²) in [5.41, 5.74) is 2.61. The van der Waals surface area contributed by atoms with E-state index >= 15 is 0 Å². The number of H-pyrrole nitrogens is 1. The van der Waals surface area contributed by atoms with Crippen molar-refractivity contribution < 1.29 is 0 Å². The molecule has 0 atom stereocenters. The van der Waals surface area contributed by atoms with Gasteiger partial charge in [-0.2, -0.15) is 14.8 Å². The van der Waals surface area contributed by atoms with E-state index in [2.05, 4.69) is 10.1 Å². The van der Waals surface area contributed by atoms with E-state index in [4.69, 9.17) is 0 Å². The van der Waals surface area contributed by atoms with E-state index in [-0.39, 0.29) is 5.56 Å². The number of aromatic amines is 1. The zero-order valence-electron chi connectivity index (χ0n) is 14.0. The molecule has 0 spiro atoms. The van der Waals surface area contributed by atoms with Gasteiger partial charge in [-0.1, -0.05) is 36.4 Å². The summed E-state index contributed by atoms with van der Waals surface area (Å²) >= 11 is 0. The van der Waals surface area contributed by atoms with E-state index in [0.29, 0.717) is 17.2 Å². The highest BCUT2D eigenvalue weighted by atomic mass is 16.1. The van der Waals surface area contributed by atoms with Gasteiger partial charge in [-0.3, -0.25) is 14.8 Å². The Hall–Kier alpha value is -3.85. The van der Waals surface area contributed by atoms with E-state index in [9.17, 15) is 10.1 Å². The van der Waals surface area contributed by atoms with Gasteiger partial charge >= 0.3 is 0 Å². The number of aromatic nitrogens is 3. The second kappa shape index (κ2) is 6.22. The first kappa shape index (κ1) is 15.7. The number of hydrogen-bond donors (Lipinski definition) is 1. The van der Waals surface area contributed by atoms with Crippen molar-refractivity contribution in [1.29, 1.82) is 5.26 Å². The molecule has 6 heteroatoms. The molecule has 0 radical (unpaired) electrons. The normalized spacial score (nSPS) is 10.6. The van der Waals surface area contributed by atoms with Gasteiger partial charge in [0.2, 0.25) is 5.95 Å². The number of para-hydroxylation sites is 2. The average Bonchev–Trinajstić information content (AvgIpc) is 3.08. The van der Waals surface area contributed by atoms with Gasteiger partial charge in [-0.25, -0.2) is 0 Å². The average molecular weight is 341 g/mol. The number of nitrogens with zero attached hydrogens (tertiary/aromatic N) is 4. The molecule has 0 unspecified atom stereocenters. The van der Waals surface area contributed by atoms with E-state index in [1.165, 1.54) is 4.52 Å². The van der Waals surface area contributed by atoms with E-state index in [1.807, 2.05) is 71.6 Å². The lowest BCUT2D eigenvalue weighted by Crippen LogP contribution is -2.19. The minimum Gasteiger partial charge on any atom is -0.280 e. The lowest BCUT2D eigenvalue weighted by molar-refractivity contribution is 0.904. The fourth-order valence-electron chi connectivity index (χ4n) is 2.92. The third kappa shape index (κ3) is 2.52. The molecule has 0 aliphatic rings. The summed E-state index contributed by atoms with van der Waals surface area (Å²) in [7, 11) is 0. The largest absolute Gasteiger partial charge is 0.289 e. The Balaban J connectivity index is 1.97. The Morgan fingerprint density at radius 3 is 2.15 bits per heavy atom. The highest BCUT2D eigenvalue weighted by molar-refractivity contribution is 5.73. The second-order valence-corrected chi connectivity index (χ2v) is 5.87. The molecule has 4 rings (SSSR count). The molecule has 2 heterocycles. The van der Waals surface area contributed by atoms with E-state index in [1.54, 1.807) is 13.0 Å². The summed E-state index contributed by atoms with van der Waals surface area (Å²) in [6.07, 6.45) is 0. The SMILES string of the molecule is Cc1cc2nc(N(c3ccccc3)c3ccccc3)[nH]n2c(=O)c1C#N. The lowest BCUT2D eigenvalue weighted by Gasteiger charge is -2.21. The molecule has 26 heavy (non-hydrogen) atoms. The van der Waals surface area contributed by atoms with E-state index in [0.717, 1.165) is 11.4 Å². The molecule has 2 aromatic carbocycles. The van der Waals surface area contributed by atoms with Crippen LogP contribution in [0.5, 0.6) is 0 Å². The quantitative estimate of drug-likeness (QED) is 0.617. The number of anilines is 3. The van der Waals surface area contributed by atoms with Crippen molar-refractivity contribution >= 4 is 23.0 Å². The van der Waals surface area contributed by atoms with Crippen LogP contribution in [0.3, 0.4) is 0 Å². The summed E-state index contributed by atoms with van der Waals surface area (Å²) in [4.78, 5) is 19.1. The minimum atomic E-state index is -0.401. The number of rotatable bonds is 3. The molecule has 1 N–H and O–H groups in total. The fourth-order valence-corrected chi connectivity index (χ4v) is 2.92. The molecule has 0 saturated heterocycles. The van der Waals surface area contributed by atoms with Gasteiger partial charge in [-0.05, 0) is 42.8 Å². The first-order chi connectivity index (χ1) is 12.7. The fraction of sp³-hybridized carbons (Fsp3) is 0.0500. The van der Waals surface area contributed by atoms with Crippen LogP contribution in [0.25, 0.3) is 5.65 Å². The van der Waals surface area contributed by atoms with Crippen molar-refractivity contribution in [1.82, 2.24) is 14.6 Å². The molecule has 126 valence electrons. The molecular weight excluding hydrogens is 326 g/mol. The third-order valence-electron chi connectivity index (χ3n) is 4.17. The maximum atomic E-state index is 12.5. The van der Waals surface area contributed by atoms with Gasteiger partial charge in [0.05, 0.1) is 0 Å². The van der Waals surface area contributed by atoms with Crippen LogP contribution in [0.2, 0.25) is 0 Å². The van der Waals surface area contributed by atoms with Crippen molar-refractivity contribution in [3.8, 4) is 6.07 Å². The Bertz CT molecular complexity index is 1130. The van der Waals surface area contributed by atoms with Gasteiger partial charge < -0.3 is 0 Å². The predicted octanol–water partition coefficient (Wildman–Crippen LogP) is 3.67. The Morgan fingerprint density at radius 1 is 1.04 bits per heavy atom. The van der Waals surface area contributed by atoms with Crippen molar-refractivity contribution in [2.24, 2.45) is 0 Å². The molecular formula is C20H15N5O. The summed E-state index contributed by atoms with van der Waals surface area (Å²) in [6.45, 7) is 1.74. The van der Waals surface area contributed by atoms with Gasteiger partial charge in [0, 0.05) is 11.4 Å². The van der Waals surface area contributed by atoms with Crippen LogP contribution >= 0.6 is 0 Å². The summed E-state index contributed by atoms with van der Waals surface area (Å²) in [5, 5.41) is 12.3. The lowest BCUT2D eigenvalue weighted by atomic mass is 10.2. The third-order valence-corrected chi connectivity index (χ3v) is 4.17. The number of aryl methyl sites for hydroxylation is 1. The van der Waals surface area contributed by atoms with Crippen LogP contribution in [0.15, 0.2) is 71.5 Å². The number of nitrogens with one attached hydrogen (secondary N) is 1. The van der Waals surface area contributed by atoms with Crippen LogP contribution in [0.4, 0.5) is 17.3 Å². The Morgan fingerprint density at radius 2 is 1.62 bits per heavy atom. The molecule has 2 aromatic heterocycles. The molecule has 0 aliphatic carbocycles. The first-order valence-electron chi connectivity index (χ1n) is 8.12. The molecule has 0 bridgehead atoms. The predicted molar refractivity (Wildman–Crippen MR) is 99.9 cm³/mol. The van der Waals surface area contributed by atoms with Crippen molar-refractivity contribution in [3.05, 3.63) is 88.2 Å². The topological polar surface area (TPSA) is 77.2 Å². The maximum Gasteiger partial charge on any atom is 0.289 e. The van der Waals surface area contributed by atoms with Crippen molar-refractivity contribution in [2.75, 3.05) is 4.90 Å². The van der Waals surface area contributed by atoms with E-state index < -0.39 is 5.56 Å². The van der Waals surface area contributed by atoms with Crippen LogP contribution < -0.4 is 10.5 Å². The standard InChI is InChI=1S/C20H15N5O/c1-14-12-18-22-20(23-25(18)19(26)17(14)13-21)24(15-8-4-2-5-9-15)16-10-6-3-7-11-16/h2-12H,1H3,(H,22,23). The molecule has 6 nitrogen and oxygen atoms in total. The minimum absolute atomic E-state index is 0.115. The molecule has 0 amide bonds. The molecule has 0 fully saturated rings. The zero-order valence-corrected chi connectivity index (χ0v) is 14.0. The first-order valence-corrected chi connectivity index (χ1v) is 8.12. The number of nitriles is 1. The van der Waals surface area contributed by atoms with Gasteiger partial charge in [0.25, 0.3) is 5.56 Å². The number of fused-ring (bicyclic) bond motifs is 1. The zero-order chi connectivity index (χ0) is 18.1. The molecule has 0 saturated carbocycles. The van der Waals surface area contributed by atoms with Gasteiger partial charge in [0.15, 0.2) is 5.65 Å². The summed E-state index contributed by atoms with van der Waals surface area (Å²) in [5.74, 6) is 0.494. The molecule has 4 aromatic rings. The van der Waals surface area contributed by atoms with Crippen molar-refractivity contribution in [3.63, 3.8) is 0 Å². The summed E-state index contributed by atoms with van der Waals surface area (Å²) < 4.78 is 1.31. The van der Waals surface area contributed by atoms with Gasteiger partial charge in [-0.15, -0.1) is 0 Å². The van der Waals surface area contributed by atoms with Crippen LogP contribution in [0.1, 0.15) is 11.1 Å². The summed E-state index contributed by atoms with van der Waals surface area (Å²) in [6, 6.07) is 23.2. The number of pyridine rings is 1. The van der Waals surface area contributed by atoms with Crippen molar-refractivity contribution in [2.45, 2.75) is 6.92 Å². The number of hydrogen-bond acceptors (Lipinski definition) is 4. The smallest absolute Gasteiger partial charge is 0.280 e.